The summed E-state index contributed by atoms with van der Waals surface area (Å²) in [5.74, 6) is 0.512. The number of rotatable bonds is 5. The summed E-state index contributed by atoms with van der Waals surface area (Å²) in [7, 11) is 0. The Morgan fingerprint density at radius 3 is 2.66 bits per heavy atom. The fourth-order valence-electron chi connectivity index (χ4n) is 6.84. The third-order valence-electron chi connectivity index (χ3n) is 8.89. The van der Waals surface area contributed by atoms with Crippen molar-refractivity contribution in [2.45, 2.75) is 69.2 Å². The first-order chi connectivity index (χ1) is 18.5. The predicted octanol–water partition coefficient (Wildman–Crippen LogP) is 3.72. The number of aromatic nitrogens is 1. The van der Waals surface area contributed by atoms with Crippen LogP contribution in [-0.2, 0) is 16.1 Å². The Morgan fingerprint density at radius 1 is 0.947 bits per heavy atom. The highest BCUT2D eigenvalue weighted by Crippen LogP contribution is 2.38. The van der Waals surface area contributed by atoms with E-state index in [0.717, 1.165) is 43.7 Å². The van der Waals surface area contributed by atoms with Crippen molar-refractivity contribution in [2.24, 2.45) is 0 Å². The average molecular weight is 513 g/mol. The standard InChI is InChI=1S/C30H32N4O4/c35-28-12-11-26(29(36)32-28)34-17-18-13-20(9-10-21(18)30(34)37)38-27-8-4-3-7-25(27)33-15-19(16-33)23-14-31-24-6-2-1-5-22(23)24/h1-2,5-6,9-10,13-14,19,25-27,31H,3-4,7-8,11-12,15-17H2,(H,32,35,36)/t25-,26?,27-/m1/s1. The molecule has 4 aliphatic rings. The molecule has 0 spiro atoms. The van der Waals surface area contributed by atoms with Crippen molar-refractivity contribution in [2.75, 3.05) is 13.1 Å². The van der Waals surface area contributed by atoms with Gasteiger partial charge >= 0.3 is 0 Å². The van der Waals surface area contributed by atoms with Gasteiger partial charge in [0, 0.05) is 60.7 Å². The molecular weight excluding hydrogens is 480 g/mol. The number of carbonyl (C=O) groups excluding carboxylic acids is 3. The van der Waals surface area contributed by atoms with Crippen LogP contribution in [0.1, 0.15) is 65.9 Å². The van der Waals surface area contributed by atoms with Crippen LogP contribution in [0, 0.1) is 0 Å². The van der Waals surface area contributed by atoms with E-state index >= 15 is 0 Å². The molecule has 196 valence electrons. The van der Waals surface area contributed by atoms with Crippen LogP contribution in [0.4, 0.5) is 0 Å². The molecule has 2 aromatic carbocycles. The average Bonchev–Trinajstić information content (AvgIpc) is 3.45. The maximum atomic E-state index is 13.0. The van der Waals surface area contributed by atoms with Crippen LogP contribution >= 0.6 is 0 Å². The van der Waals surface area contributed by atoms with Gasteiger partial charge in [-0.05, 0) is 61.1 Å². The molecule has 1 unspecified atom stereocenters. The number of H-pyrrole nitrogens is 1. The number of amides is 3. The lowest BCUT2D eigenvalue weighted by molar-refractivity contribution is -0.136. The van der Waals surface area contributed by atoms with Crippen molar-refractivity contribution < 1.29 is 19.1 Å². The van der Waals surface area contributed by atoms with Crippen LogP contribution in [-0.4, -0.2) is 63.8 Å². The summed E-state index contributed by atoms with van der Waals surface area (Å²) in [5, 5.41) is 3.69. The van der Waals surface area contributed by atoms with E-state index in [9.17, 15) is 14.4 Å². The third kappa shape index (κ3) is 3.98. The Labute approximate surface area is 221 Å². The summed E-state index contributed by atoms with van der Waals surface area (Å²) in [4.78, 5) is 44.5. The molecule has 1 aliphatic carbocycles. The highest BCUT2D eigenvalue weighted by Gasteiger charge is 2.41. The van der Waals surface area contributed by atoms with E-state index in [-0.39, 0.29) is 30.2 Å². The van der Waals surface area contributed by atoms with Gasteiger partial charge in [-0.1, -0.05) is 24.6 Å². The van der Waals surface area contributed by atoms with Crippen molar-refractivity contribution in [3.63, 3.8) is 0 Å². The van der Waals surface area contributed by atoms with Crippen LogP contribution in [0.25, 0.3) is 10.9 Å². The highest BCUT2D eigenvalue weighted by molar-refractivity contribution is 6.05. The molecule has 8 nitrogen and oxygen atoms in total. The number of nitrogens with zero attached hydrogens (tertiary/aromatic N) is 2. The number of hydrogen-bond donors (Lipinski definition) is 2. The molecule has 3 aromatic rings. The van der Waals surface area contributed by atoms with Crippen LogP contribution in [0.3, 0.4) is 0 Å². The van der Waals surface area contributed by atoms with Gasteiger partial charge < -0.3 is 14.6 Å². The number of imide groups is 1. The fraction of sp³-hybridized carbons (Fsp3) is 0.433. The van der Waals surface area contributed by atoms with Gasteiger partial charge in [0.2, 0.25) is 11.8 Å². The quantitative estimate of drug-likeness (QED) is 0.508. The van der Waals surface area contributed by atoms with Crippen molar-refractivity contribution in [1.82, 2.24) is 20.1 Å². The number of ether oxygens (including phenoxy) is 1. The molecule has 0 bridgehead atoms. The fourth-order valence-corrected chi connectivity index (χ4v) is 6.84. The van der Waals surface area contributed by atoms with Crippen molar-refractivity contribution in [1.29, 1.82) is 0 Å². The molecular formula is C30H32N4O4. The van der Waals surface area contributed by atoms with E-state index in [1.165, 1.54) is 22.9 Å². The molecule has 38 heavy (non-hydrogen) atoms. The summed E-state index contributed by atoms with van der Waals surface area (Å²) < 4.78 is 6.60. The van der Waals surface area contributed by atoms with Crippen LogP contribution in [0.15, 0.2) is 48.7 Å². The number of likely N-dealkylation sites (tertiary alicyclic amines) is 1. The number of piperidine rings is 1. The Bertz CT molecular complexity index is 1420. The third-order valence-corrected chi connectivity index (χ3v) is 8.89. The minimum Gasteiger partial charge on any atom is -0.489 e. The molecule has 7 rings (SSSR count). The van der Waals surface area contributed by atoms with Crippen molar-refractivity contribution >= 4 is 28.6 Å². The highest BCUT2D eigenvalue weighted by atomic mass is 16.5. The van der Waals surface area contributed by atoms with Gasteiger partial charge in [-0.15, -0.1) is 0 Å². The number of fused-ring (bicyclic) bond motifs is 2. The van der Waals surface area contributed by atoms with Gasteiger partial charge in [0.25, 0.3) is 5.91 Å². The Hall–Kier alpha value is -3.65. The first-order valence-corrected chi connectivity index (χ1v) is 13.8. The van der Waals surface area contributed by atoms with E-state index in [0.29, 0.717) is 30.5 Å². The Kier molecular flexibility index (Phi) is 5.73. The van der Waals surface area contributed by atoms with E-state index in [1.807, 2.05) is 18.2 Å². The SMILES string of the molecule is O=C1CCC(N2Cc3cc(O[C@@H]4CCCC[C@H]4N4CC(c5c[nH]c6ccccc56)C4)ccc3C2=O)C(=O)N1. The molecule has 3 atom stereocenters. The molecule has 3 amide bonds. The number of carbonyl (C=O) groups is 3. The van der Waals surface area contributed by atoms with Crippen LogP contribution < -0.4 is 10.1 Å². The summed E-state index contributed by atoms with van der Waals surface area (Å²) >= 11 is 0. The Balaban J connectivity index is 1.03. The van der Waals surface area contributed by atoms with Crippen LogP contribution in [0.5, 0.6) is 5.75 Å². The van der Waals surface area contributed by atoms with Gasteiger partial charge in [-0.25, -0.2) is 0 Å². The number of aromatic amines is 1. The number of benzene rings is 2. The van der Waals surface area contributed by atoms with Gasteiger partial charge in [0.1, 0.15) is 17.9 Å². The molecule has 1 aromatic heterocycles. The van der Waals surface area contributed by atoms with Crippen molar-refractivity contribution in [3.8, 4) is 5.75 Å². The predicted molar refractivity (Wildman–Crippen MR) is 142 cm³/mol. The number of para-hydroxylation sites is 1. The van der Waals surface area contributed by atoms with Gasteiger partial charge in [0.05, 0.1) is 0 Å². The number of hydrogen-bond acceptors (Lipinski definition) is 5. The van der Waals surface area contributed by atoms with Crippen molar-refractivity contribution in [3.05, 3.63) is 65.4 Å². The second kappa shape index (κ2) is 9.27. The van der Waals surface area contributed by atoms with Crippen LogP contribution in [0.2, 0.25) is 0 Å². The number of nitrogens with one attached hydrogen (secondary N) is 2. The van der Waals surface area contributed by atoms with E-state index in [1.54, 1.807) is 4.90 Å². The monoisotopic (exact) mass is 512 g/mol. The van der Waals surface area contributed by atoms with Gasteiger partial charge in [0.15, 0.2) is 0 Å². The van der Waals surface area contributed by atoms with E-state index < -0.39 is 6.04 Å². The minimum atomic E-state index is -0.601. The topological polar surface area (TPSA) is 94.7 Å². The summed E-state index contributed by atoms with van der Waals surface area (Å²) in [6.07, 6.45) is 7.46. The first-order valence-electron chi connectivity index (χ1n) is 13.8. The lowest BCUT2D eigenvalue weighted by Crippen LogP contribution is -2.56. The molecule has 4 heterocycles. The molecule has 3 fully saturated rings. The maximum absolute atomic E-state index is 13.0. The second-order valence-electron chi connectivity index (χ2n) is 11.2. The minimum absolute atomic E-state index is 0.120. The van der Waals surface area contributed by atoms with E-state index in [4.69, 9.17) is 4.74 Å². The zero-order valence-corrected chi connectivity index (χ0v) is 21.3. The summed E-state index contributed by atoms with van der Waals surface area (Å²) in [6.45, 7) is 2.46. The van der Waals surface area contributed by atoms with E-state index in [2.05, 4.69) is 45.7 Å². The maximum Gasteiger partial charge on any atom is 0.255 e. The van der Waals surface area contributed by atoms with Gasteiger partial charge in [-0.2, -0.15) is 0 Å². The normalized spacial score (nSPS) is 26.4. The summed E-state index contributed by atoms with van der Waals surface area (Å²) in [5.41, 5.74) is 4.11. The molecule has 0 radical (unpaired) electrons. The molecule has 8 heteroatoms. The zero-order chi connectivity index (χ0) is 25.8. The zero-order valence-electron chi connectivity index (χ0n) is 21.3. The lowest BCUT2D eigenvalue weighted by atomic mass is 9.84. The molecule has 2 saturated heterocycles. The molecule has 1 saturated carbocycles. The Morgan fingerprint density at radius 2 is 1.79 bits per heavy atom. The smallest absolute Gasteiger partial charge is 0.255 e. The molecule has 2 N–H and O–H groups in total. The summed E-state index contributed by atoms with van der Waals surface area (Å²) in [6, 6.07) is 14.0. The van der Waals surface area contributed by atoms with Gasteiger partial charge in [-0.3, -0.25) is 24.6 Å². The second-order valence-corrected chi connectivity index (χ2v) is 11.2. The largest absolute Gasteiger partial charge is 0.489 e. The molecule has 3 aliphatic heterocycles. The first kappa shape index (κ1) is 23.5. The lowest BCUT2D eigenvalue weighted by Gasteiger charge is -2.48.